The molecule has 2 heteroatoms. The highest BCUT2D eigenvalue weighted by molar-refractivity contribution is 5.91. The maximum absolute atomic E-state index is 4.35. The SMILES string of the molecule is CC#CCCNc1nccc2ccccc12. The van der Waals surface area contributed by atoms with Crippen molar-refractivity contribution in [3.8, 4) is 11.8 Å². The van der Waals surface area contributed by atoms with Crippen molar-refractivity contribution in [2.24, 2.45) is 0 Å². The van der Waals surface area contributed by atoms with E-state index in [-0.39, 0.29) is 0 Å². The van der Waals surface area contributed by atoms with Crippen molar-refractivity contribution >= 4 is 16.6 Å². The molecule has 80 valence electrons. The minimum Gasteiger partial charge on any atom is -0.369 e. The first-order valence-corrected chi connectivity index (χ1v) is 5.39. The average Bonchev–Trinajstić information content (AvgIpc) is 2.35. The highest BCUT2D eigenvalue weighted by atomic mass is 15.0. The molecule has 0 bridgehead atoms. The number of nitrogens with zero attached hydrogens (tertiary/aromatic N) is 1. The third kappa shape index (κ3) is 2.32. The fourth-order valence-electron chi connectivity index (χ4n) is 1.63. The van der Waals surface area contributed by atoms with Gasteiger partial charge in [0, 0.05) is 24.5 Å². The lowest BCUT2D eigenvalue weighted by Gasteiger charge is -2.06. The van der Waals surface area contributed by atoms with E-state index >= 15 is 0 Å². The Kier molecular flexibility index (Phi) is 3.40. The molecular weight excluding hydrogens is 196 g/mol. The first-order valence-electron chi connectivity index (χ1n) is 5.39. The molecule has 1 N–H and O–H groups in total. The monoisotopic (exact) mass is 210 g/mol. The molecule has 2 aromatic rings. The Hall–Kier alpha value is -2.01. The standard InChI is InChI=1S/C14H14N2/c1-2-3-6-10-15-14-13-8-5-4-7-12(13)9-11-16-14/h4-5,7-9,11H,6,10H2,1H3,(H,15,16). The van der Waals surface area contributed by atoms with Crippen LogP contribution in [0.5, 0.6) is 0 Å². The molecule has 0 saturated carbocycles. The largest absolute Gasteiger partial charge is 0.369 e. The Morgan fingerprint density at radius 2 is 2.12 bits per heavy atom. The molecule has 0 aliphatic carbocycles. The van der Waals surface area contributed by atoms with Gasteiger partial charge >= 0.3 is 0 Å². The van der Waals surface area contributed by atoms with Crippen LogP contribution < -0.4 is 5.32 Å². The molecule has 0 fully saturated rings. The van der Waals surface area contributed by atoms with Crippen LogP contribution >= 0.6 is 0 Å². The van der Waals surface area contributed by atoms with Crippen LogP contribution in [0.4, 0.5) is 5.82 Å². The van der Waals surface area contributed by atoms with Crippen LogP contribution in [0.2, 0.25) is 0 Å². The second-order valence-corrected chi connectivity index (χ2v) is 3.48. The van der Waals surface area contributed by atoms with Gasteiger partial charge in [0.25, 0.3) is 0 Å². The van der Waals surface area contributed by atoms with Crippen LogP contribution in [0.25, 0.3) is 10.8 Å². The molecule has 1 heterocycles. The van der Waals surface area contributed by atoms with Crippen molar-refractivity contribution < 1.29 is 0 Å². The van der Waals surface area contributed by atoms with Crippen LogP contribution in [-0.2, 0) is 0 Å². The number of benzene rings is 1. The zero-order valence-electron chi connectivity index (χ0n) is 9.33. The Labute approximate surface area is 95.7 Å². The summed E-state index contributed by atoms with van der Waals surface area (Å²) < 4.78 is 0. The van der Waals surface area contributed by atoms with Gasteiger partial charge in [-0.2, -0.15) is 0 Å². The summed E-state index contributed by atoms with van der Waals surface area (Å²) in [4.78, 5) is 4.35. The fourth-order valence-corrected chi connectivity index (χ4v) is 1.63. The summed E-state index contributed by atoms with van der Waals surface area (Å²) in [5.41, 5.74) is 0. The van der Waals surface area contributed by atoms with Crippen LogP contribution in [0.15, 0.2) is 36.5 Å². The van der Waals surface area contributed by atoms with Crippen molar-refractivity contribution in [2.45, 2.75) is 13.3 Å². The highest BCUT2D eigenvalue weighted by Gasteiger charge is 1.99. The number of aromatic nitrogens is 1. The normalized spacial score (nSPS) is 9.56. The topological polar surface area (TPSA) is 24.9 Å². The van der Waals surface area contributed by atoms with Gasteiger partial charge < -0.3 is 5.32 Å². The second-order valence-electron chi connectivity index (χ2n) is 3.48. The van der Waals surface area contributed by atoms with Gasteiger partial charge in [-0.1, -0.05) is 24.3 Å². The first-order chi connectivity index (χ1) is 7.92. The molecule has 0 saturated heterocycles. The van der Waals surface area contributed by atoms with E-state index in [4.69, 9.17) is 0 Å². The molecule has 0 aliphatic heterocycles. The number of fused-ring (bicyclic) bond motifs is 1. The van der Waals surface area contributed by atoms with E-state index in [1.807, 2.05) is 31.3 Å². The van der Waals surface area contributed by atoms with Crippen molar-refractivity contribution in [3.63, 3.8) is 0 Å². The molecule has 0 unspecified atom stereocenters. The molecule has 0 aliphatic rings. The molecule has 0 radical (unpaired) electrons. The van der Waals surface area contributed by atoms with E-state index < -0.39 is 0 Å². The number of pyridine rings is 1. The third-order valence-electron chi connectivity index (χ3n) is 2.39. The molecule has 1 aromatic heterocycles. The third-order valence-corrected chi connectivity index (χ3v) is 2.39. The van der Waals surface area contributed by atoms with Gasteiger partial charge in [0.15, 0.2) is 0 Å². The quantitative estimate of drug-likeness (QED) is 0.622. The van der Waals surface area contributed by atoms with Crippen molar-refractivity contribution in [1.29, 1.82) is 0 Å². The van der Waals surface area contributed by atoms with Gasteiger partial charge in [0.1, 0.15) is 5.82 Å². The number of hydrogen-bond donors (Lipinski definition) is 1. The van der Waals surface area contributed by atoms with Gasteiger partial charge in [-0.3, -0.25) is 0 Å². The Morgan fingerprint density at radius 1 is 1.25 bits per heavy atom. The number of nitrogens with one attached hydrogen (secondary N) is 1. The summed E-state index contributed by atoms with van der Waals surface area (Å²) in [6.07, 6.45) is 2.68. The van der Waals surface area contributed by atoms with Gasteiger partial charge in [0.05, 0.1) is 0 Å². The van der Waals surface area contributed by atoms with Gasteiger partial charge in [-0.15, -0.1) is 11.8 Å². The Bertz CT molecular complexity index is 530. The van der Waals surface area contributed by atoms with E-state index in [1.165, 1.54) is 5.39 Å². The van der Waals surface area contributed by atoms with E-state index in [1.54, 1.807) is 0 Å². The predicted molar refractivity (Wildman–Crippen MR) is 68.3 cm³/mol. The first kappa shape index (κ1) is 10.5. The smallest absolute Gasteiger partial charge is 0.133 e. The summed E-state index contributed by atoms with van der Waals surface area (Å²) in [6, 6.07) is 10.3. The number of hydrogen-bond acceptors (Lipinski definition) is 2. The lowest BCUT2D eigenvalue weighted by Crippen LogP contribution is -2.02. The molecule has 0 spiro atoms. The number of anilines is 1. The lowest BCUT2D eigenvalue weighted by molar-refractivity contribution is 1.08. The number of rotatable bonds is 3. The van der Waals surface area contributed by atoms with E-state index in [9.17, 15) is 0 Å². The van der Waals surface area contributed by atoms with E-state index in [2.05, 4.69) is 34.3 Å². The minimum atomic E-state index is 0.835. The molecule has 2 nitrogen and oxygen atoms in total. The summed E-state index contributed by atoms with van der Waals surface area (Å²) in [5.74, 6) is 6.85. The van der Waals surface area contributed by atoms with Gasteiger partial charge in [0.2, 0.25) is 0 Å². The minimum absolute atomic E-state index is 0.835. The molecule has 2 rings (SSSR count). The van der Waals surface area contributed by atoms with Crippen LogP contribution in [0, 0.1) is 11.8 Å². The molecule has 16 heavy (non-hydrogen) atoms. The predicted octanol–water partition coefficient (Wildman–Crippen LogP) is 3.06. The zero-order valence-corrected chi connectivity index (χ0v) is 9.33. The van der Waals surface area contributed by atoms with Gasteiger partial charge in [-0.25, -0.2) is 4.98 Å². The zero-order chi connectivity index (χ0) is 11.2. The summed E-state index contributed by atoms with van der Waals surface area (Å²) in [7, 11) is 0. The molecular formula is C14H14N2. The Balaban J connectivity index is 2.19. The summed E-state index contributed by atoms with van der Waals surface area (Å²) in [5, 5.41) is 5.68. The van der Waals surface area contributed by atoms with Crippen LogP contribution in [-0.4, -0.2) is 11.5 Å². The van der Waals surface area contributed by atoms with Crippen molar-refractivity contribution in [3.05, 3.63) is 36.5 Å². The van der Waals surface area contributed by atoms with Crippen LogP contribution in [0.3, 0.4) is 0 Å². The molecule has 0 atom stereocenters. The van der Waals surface area contributed by atoms with E-state index in [0.29, 0.717) is 0 Å². The second kappa shape index (κ2) is 5.18. The van der Waals surface area contributed by atoms with Gasteiger partial charge in [-0.05, 0) is 18.4 Å². The maximum atomic E-state index is 4.35. The van der Waals surface area contributed by atoms with Crippen LogP contribution in [0.1, 0.15) is 13.3 Å². The van der Waals surface area contributed by atoms with Crippen molar-refractivity contribution in [1.82, 2.24) is 4.98 Å². The molecule has 1 aromatic carbocycles. The summed E-state index contributed by atoms with van der Waals surface area (Å²) >= 11 is 0. The van der Waals surface area contributed by atoms with E-state index in [0.717, 1.165) is 24.2 Å². The maximum Gasteiger partial charge on any atom is 0.133 e. The Morgan fingerprint density at radius 3 is 3.00 bits per heavy atom. The average molecular weight is 210 g/mol. The molecule has 0 amide bonds. The fraction of sp³-hybridized carbons (Fsp3) is 0.214. The van der Waals surface area contributed by atoms with Crippen molar-refractivity contribution in [2.75, 3.05) is 11.9 Å². The highest BCUT2D eigenvalue weighted by Crippen LogP contribution is 2.19. The summed E-state index contributed by atoms with van der Waals surface area (Å²) in [6.45, 7) is 2.69. The lowest BCUT2D eigenvalue weighted by atomic mass is 10.1.